The van der Waals surface area contributed by atoms with Gasteiger partial charge in [-0.2, -0.15) is 0 Å². The van der Waals surface area contributed by atoms with Gasteiger partial charge in [-0.1, -0.05) is 0 Å². The van der Waals surface area contributed by atoms with Crippen molar-refractivity contribution in [3.63, 3.8) is 0 Å². The molecule has 1 aliphatic carbocycles. The first kappa shape index (κ1) is 11.4. The summed E-state index contributed by atoms with van der Waals surface area (Å²) >= 11 is 3.48. The van der Waals surface area contributed by atoms with Gasteiger partial charge in [0.25, 0.3) is 0 Å². The van der Waals surface area contributed by atoms with Gasteiger partial charge in [0.15, 0.2) is 0 Å². The first-order valence-corrected chi connectivity index (χ1v) is 6.80. The van der Waals surface area contributed by atoms with Crippen LogP contribution in [0, 0.1) is 5.92 Å². The van der Waals surface area contributed by atoms with Gasteiger partial charge >= 0.3 is 0 Å². The molecular formula is C12H16BrN3O. The summed E-state index contributed by atoms with van der Waals surface area (Å²) in [6.07, 6.45) is 6.17. The van der Waals surface area contributed by atoms with Gasteiger partial charge in [-0.25, -0.2) is 0 Å². The molecule has 3 rings (SSSR count). The maximum absolute atomic E-state index is 6.20. The number of nitrogens with one attached hydrogen (secondary N) is 1. The minimum Gasteiger partial charge on any atom is -0.377 e. The van der Waals surface area contributed by atoms with E-state index in [-0.39, 0.29) is 18.2 Å². The van der Waals surface area contributed by atoms with Gasteiger partial charge < -0.3 is 15.8 Å². The van der Waals surface area contributed by atoms with E-state index in [1.54, 1.807) is 12.4 Å². The third-order valence-electron chi connectivity index (χ3n) is 3.77. The van der Waals surface area contributed by atoms with E-state index >= 15 is 0 Å². The van der Waals surface area contributed by atoms with Crippen LogP contribution in [0.25, 0.3) is 0 Å². The molecule has 1 aliphatic heterocycles. The van der Waals surface area contributed by atoms with Crippen LogP contribution in [-0.4, -0.2) is 29.8 Å². The summed E-state index contributed by atoms with van der Waals surface area (Å²) in [6, 6.07) is 2.37. The molecule has 92 valence electrons. The number of hydrogen-bond donors (Lipinski definition) is 2. The average molecular weight is 298 g/mol. The van der Waals surface area contributed by atoms with Crippen LogP contribution in [0.5, 0.6) is 0 Å². The van der Waals surface area contributed by atoms with Crippen LogP contribution in [0.15, 0.2) is 22.9 Å². The Bertz CT molecular complexity index is 414. The van der Waals surface area contributed by atoms with Crippen LogP contribution < -0.4 is 11.1 Å². The Morgan fingerprint density at radius 2 is 2.41 bits per heavy atom. The third kappa shape index (κ3) is 1.96. The smallest absolute Gasteiger partial charge is 0.0834 e. The Morgan fingerprint density at radius 3 is 3.24 bits per heavy atom. The van der Waals surface area contributed by atoms with Gasteiger partial charge in [0.05, 0.1) is 22.3 Å². The molecule has 2 aliphatic rings. The van der Waals surface area contributed by atoms with Crippen molar-refractivity contribution in [3.05, 3.63) is 22.9 Å². The van der Waals surface area contributed by atoms with Gasteiger partial charge in [0, 0.05) is 31.0 Å². The molecule has 1 saturated carbocycles. The molecule has 2 heterocycles. The normalized spacial score (nSPS) is 35.9. The monoisotopic (exact) mass is 297 g/mol. The molecular weight excluding hydrogens is 282 g/mol. The molecule has 3 N–H and O–H groups in total. The second kappa shape index (κ2) is 4.55. The van der Waals surface area contributed by atoms with Crippen molar-refractivity contribution in [3.8, 4) is 0 Å². The van der Waals surface area contributed by atoms with E-state index in [1.807, 2.05) is 6.07 Å². The SMILES string of the molecule is NC1C2CCCOC2C1Nc1ccncc1Br. The van der Waals surface area contributed by atoms with Gasteiger partial charge in [-0.15, -0.1) is 0 Å². The van der Waals surface area contributed by atoms with Gasteiger partial charge in [0.2, 0.25) is 0 Å². The summed E-state index contributed by atoms with van der Waals surface area (Å²) in [7, 11) is 0. The topological polar surface area (TPSA) is 60.2 Å². The van der Waals surface area contributed by atoms with Crippen LogP contribution in [0.4, 0.5) is 5.69 Å². The second-order valence-corrected chi connectivity index (χ2v) is 5.60. The largest absolute Gasteiger partial charge is 0.377 e. The number of nitrogens with two attached hydrogens (primary N) is 1. The van der Waals surface area contributed by atoms with E-state index in [9.17, 15) is 0 Å². The van der Waals surface area contributed by atoms with E-state index in [2.05, 4.69) is 26.2 Å². The quantitative estimate of drug-likeness (QED) is 0.873. The lowest BCUT2D eigenvalue weighted by molar-refractivity contribution is -0.104. The van der Waals surface area contributed by atoms with Crippen LogP contribution in [0.2, 0.25) is 0 Å². The Labute approximate surface area is 109 Å². The van der Waals surface area contributed by atoms with Gasteiger partial charge in [-0.05, 0) is 34.8 Å². The van der Waals surface area contributed by atoms with Gasteiger partial charge in [-0.3, -0.25) is 4.98 Å². The Balaban J connectivity index is 1.72. The van der Waals surface area contributed by atoms with Gasteiger partial charge in [0.1, 0.15) is 0 Å². The fourth-order valence-electron chi connectivity index (χ4n) is 2.80. The number of halogens is 1. The fraction of sp³-hybridized carbons (Fsp3) is 0.583. The number of hydrogen-bond acceptors (Lipinski definition) is 4. The van der Waals surface area contributed by atoms with E-state index in [1.165, 1.54) is 6.42 Å². The lowest BCUT2D eigenvalue weighted by atomic mass is 9.68. The van der Waals surface area contributed by atoms with E-state index in [0.29, 0.717) is 5.92 Å². The zero-order valence-corrected chi connectivity index (χ0v) is 11.1. The third-order valence-corrected chi connectivity index (χ3v) is 4.40. The molecule has 0 aromatic carbocycles. The molecule has 4 unspecified atom stereocenters. The lowest BCUT2D eigenvalue weighted by Crippen LogP contribution is -2.69. The zero-order chi connectivity index (χ0) is 11.8. The summed E-state index contributed by atoms with van der Waals surface area (Å²) in [6.45, 7) is 0.865. The Kier molecular flexibility index (Phi) is 3.06. The van der Waals surface area contributed by atoms with E-state index in [0.717, 1.165) is 23.2 Å². The molecule has 1 aromatic heterocycles. The first-order valence-electron chi connectivity index (χ1n) is 6.00. The maximum atomic E-state index is 6.20. The van der Waals surface area contributed by atoms with Crippen LogP contribution >= 0.6 is 15.9 Å². The maximum Gasteiger partial charge on any atom is 0.0834 e. The van der Waals surface area contributed by atoms with Crippen LogP contribution in [0.3, 0.4) is 0 Å². The van der Waals surface area contributed by atoms with Crippen molar-refractivity contribution in [1.82, 2.24) is 4.98 Å². The second-order valence-electron chi connectivity index (χ2n) is 4.74. The molecule has 5 heteroatoms. The number of ether oxygens (including phenoxy) is 1. The predicted octanol–water partition coefficient (Wildman–Crippen LogP) is 1.76. The van der Waals surface area contributed by atoms with Crippen LogP contribution in [-0.2, 0) is 4.74 Å². The van der Waals surface area contributed by atoms with E-state index in [4.69, 9.17) is 10.5 Å². The summed E-state index contributed by atoms with van der Waals surface area (Å²) in [5.41, 5.74) is 7.24. The standard InChI is InChI=1S/C12H16BrN3O/c13-8-6-15-4-3-9(8)16-11-10(14)7-2-1-5-17-12(7)11/h3-4,6-7,10-12H,1-2,5,14H2,(H,15,16). The minimum atomic E-state index is 0.195. The van der Waals surface area contributed by atoms with Crippen molar-refractivity contribution in [2.75, 3.05) is 11.9 Å². The Hall–Kier alpha value is -0.650. The first-order chi connectivity index (χ1) is 8.27. The number of fused-ring (bicyclic) bond motifs is 1. The molecule has 0 radical (unpaired) electrons. The molecule has 1 aromatic rings. The molecule has 2 fully saturated rings. The van der Waals surface area contributed by atoms with Crippen molar-refractivity contribution >= 4 is 21.6 Å². The highest BCUT2D eigenvalue weighted by Gasteiger charge is 2.50. The van der Waals surface area contributed by atoms with Crippen molar-refractivity contribution in [1.29, 1.82) is 0 Å². The summed E-state index contributed by atoms with van der Waals surface area (Å²) in [5, 5.41) is 3.46. The predicted molar refractivity (Wildman–Crippen MR) is 69.8 cm³/mol. The lowest BCUT2D eigenvalue weighted by Gasteiger charge is -2.52. The molecule has 0 bridgehead atoms. The Morgan fingerprint density at radius 1 is 1.53 bits per heavy atom. The summed E-state index contributed by atoms with van der Waals surface area (Å²) in [4.78, 5) is 4.05. The van der Waals surface area contributed by atoms with Crippen molar-refractivity contribution in [2.24, 2.45) is 11.7 Å². The number of pyridine rings is 1. The zero-order valence-electron chi connectivity index (χ0n) is 9.47. The highest BCUT2D eigenvalue weighted by Crippen LogP contribution is 2.39. The van der Waals surface area contributed by atoms with Crippen LogP contribution in [0.1, 0.15) is 12.8 Å². The highest BCUT2D eigenvalue weighted by molar-refractivity contribution is 9.10. The molecule has 17 heavy (non-hydrogen) atoms. The summed E-state index contributed by atoms with van der Waals surface area (Å²) in [5.74, 6) is 0.530. The number of anilines is 1. The fourth-order valence-corrected chi connectivity index (χ4v) is 3.16. The minimum absolute atomic E-state index is 0.195. The molecule has 1 saturated heterocycles. The summed E-state index contributed by atoms with van der Waals surface area (Å²) < 4.78 is 6.76. The number of rotatable bonds is 2. The molecule has 0 amide bonds. The molecule has 4 atom stereocenters. The van der Waals surface area contributed by atoms with Crippen molar-refractivity contribution in [2.45, 2.75) is 31.0 Å². The molecule has 0 spiro atoms. The van der Waals surface area contributed by atoms with Crippen molar-refractivity contribution < 1.29 is 4.74 Å². The number of aromatic nitrogens is 1. The highest BCUT2D eigenvalue weighted by atomic mass is 79.9. The average Bonchev–Trinajstić information content (AvgIpc) is 2.37. The number of nitrogens with zero attached hydrogens (tertiary/aromatic N) is 1. The molecule has 4 nitrogen and oxygen atoms in total. The van der Waals surface area contributed by atoms with E-state index < -0.39 is 0 Å².